The normalized spacial score (nSPS) is 14.4. The van der Waals surface area contributed by atoms with Gasteiger partial charge in [-0.25, -0.2) is 9.97 Å². The molecule has 1 amide bonds. The molecule has 2 aromatic rings. The molecule has 0 saturated carbocycles. The number of nitrogens with zero attached hydrogens (tertiary/aromatic N) is 2. The van der Waals surface area contributed by atoms with Gasteiger partial charge in [0.1, 0.15) is 11.5 Å². The van der Waals surface area contributed by atoms with Crippen molar-refractivity contribution in [1.29, 1.82) is 0 Å². The Labute approximate surface area is 189 Å². The summed E-state index contributed by atoms with van der Waals surface area (Å²) in [6.45, 7) is 9.86. The number of allylic oxidation sites excluding steroid dienone is 2. The van der Waals surface area contributed by atoms with Gasteiger partial charge in [-0.2, -0.15) is 13.2 Å². The Morgan fingerprint density at radius 2 is 2.06 bits per heavy atom. The number of carbonyl (C=O) groups excluding carboxylic acids is 1. The average Bonchev–Trinajstić information content (AvgIpc) is 3.26. The number of hydrogen-bond acceptors (Lipinski definition) is 6. The first-order chi connectivity index (χ1) is 15.6. The van der Waals surface area contributed by atoms with E-state index in [1.165, 1.54) is 12.3 Å². The van der Waals surface area contributed by atoms with Crippen LogP contribution in [0.1, 0.15) is 35.0 Å². The molecule has 0 spiro atoms. The summed E-state index contributed by atoms with van der Waals surface area (Å²) < 4.78 is 49.1. The highest BCUT2D eigenvalue weighted by Gasteiger charge is 2.30. The number of hydrogen-bond donors (Lipinski definition) is 2. The van der Waals surface area contributed by atoms with Crippen molar-refractivity contribution < 1.29 is 27.4 Å². The number of nitrogen functional groups attached to an aromatic ring is 1. The average molecular weight is 462 g/mol. The molecule has 33 heavy (non-hydrogen) atoms. The molecular formula is C23H25F3N4O3. The minimum atomic E-state index is -4.55. The molecule has 0 bridgehead atoms. The highest BCUT2D eigenvalue weighted by molar-refractivity contribution is 5.97. The lowest BCUT2D eigenvalue weighted by atomic mass is 10.0. The molecule has 7 nitrogen and oxygen atoms in total. The first-order valence-electron chi connectivity index (χ1n) is 10.3. The number of nitrogens with one attached hydrogen (secondary N) is 1. The molecule has 0 aromatic carbocycles. The quantitative estimate of drug-likeness (QED) is 0.432. The fraction of sp³-hybridized carbons (Fsp3) is 0.348. The maximum Gasteiger partial charge on any atom is 0.415 e. The monoisotopic (exact) mass is 462 g/mol. The molecule has 10 heteroatoms. The lowest BCUT2D eigenvalue weighted by Gasteiger charge is -2.20. The minimum absolute atomic E-state index is 0.0379. The van der Waals surface area contributed by atoms with E-state index in [0.29, 0.717) is 36.5 Å². The molecule has 0 fully saturated rings. The molecule has 3 rings (SSSR count). The second-order valence-electron chi connectivity index (χ2n) is 7.57. The highest BCUT2D eigenvalue weighted by Crippen LogP contribution is 2.31. The van der Waals surface area contributed by atoms with Crippen LogP contribution in [0.2, 0.25) is 0 Å². The van der Waals surface area contributed by atoms with Gasteiger partial charge in [0, 0.05) is 23.1 Å². The number of nitrogens with two attached hydrogens (primary N) is 1. The summed E-state index contributed by atoms with van der Waals surface area (Å²) in [6.07, 6.45) is -0.381. The van der Waals surface area contributed by atoms with E-state index in [4.69, 9.17) is 15.2 Å². The van der Waals surface area contributed by atoms with E-state index in [1.54, 1.807) is 6.07 Å². The van der Waals surface area contributed by atoms with Crippen molar-refractivity contribution in [3.8, 4) is 0 Å². The van der Waals surface area contributed by atoms with Gasteiger partial charge in [-0.15, -0.1) is 0 Å². The molecule has 0 aliphatic carbocycles. The van der Waals surface area contributed by atoms with Crippen LogP contribution in [0.15, 0.2) is 48.7 Å². The Hall–Kier alpha value is -3.24. The van der Waals surface area contributed by atoms with Crippen LogP contribution in [-0.2, 0) is 22.7 Å². The smallest absolute Gasteiger partial charge is 0.383 e. The Balaban J connectivity index is 1.82. The van der Waals surface area contributed by atoms with Crippen molar-refractivity contribution in [2.45, 2.75) is 38.8 Å². The largest absolute Gasteiger partial charge is 0.415 e. The number of anilines is 1. The van der Waals surface area contributed by atoms with Crippen molar-refractivity contribution in [2.24, 2.45) is 0 Å². The maximum atomic E-state index is 12.9. The van der Waals surface area contributed by atoms with Crippen LogP contribution in [0.25, 0.3) is 10.9 Å². The van der Waals surface area contributed by atoms with Crippen LogP contribution >= 0.6 is 0 Å². The third-order valence-electron chi connectivity index (χ3n) is 5.10. The Morgan fingerprint density at radius 3 is 2.76 bits per heavy atom. The molecule has 1 aliphatic rings. The summed E-state index contributed by atoms with van der Waals surface area (Å²) in [5, 5.41) is 3.44. The summed E-state index contributed by atoms with van der Waals surface area (Å²) in [7, 11) is 0. The Morgan fingerprint density at radius 1 is 1.33 bits per heavy atom. The lowest BCUT2D eigenvalue weighted by molar-refractivity contribution is -0.0878. The zero-order chi connectivity index (χ0) is 24.2. The van der Waals surface area contributed by atoms with Gasteiger partial charge >= 0.3 is 6.18 Å². The molecular weight excluding hydrogens is 437 g/mol. The Kier molecular flexibility index (Phi) is 7.50. The van der Waals surface area contributed by atoms with Crippen molar-refractivity contribution >= 4 is 22.6 Å². The summed E-state index contributed by atoms with van der Waals surface area (Å²) in [5.41, 5.74) is 7.46. The summed E-state index contributed by atoms with van der Waals surface area (Å²) in [6, 6.07) is 0.830. The molecule has 0 radical (unpaired) electrons. The summed E-state index contributed by atoms with van der Waals surface area (Å²) in [5.74, 6) is -0.165. The number of aromatic nitrogens is 2. The second kappa shape index (κ2) is 10.1. The van der Waals surface area contributed by atoms with Crippen molar-refractivity contribution in [1.82, 2.24) is 15.3 Å². The van der Waals surface area contributed by atoms with Gasteiger partial charge in [0.15, 0.2) is 0 Å². The van der Waals surface area contributed by atoms with Gasteiger partial charge in [-0.3, -0.25) is 4.79 Å². The van der Waals surface area contributed by atoms with Crippen LogP contribution in [-0.4, -0.2) is 41.3 Å². The number of pyridine rings is 2. The first kappa shape index (κ1) is 24.4. The first-order valence-corrected chi connectivity index (χ1v) is 10.3. The van der Waals surface area contributed by atoms with Gasteiger partial charge in [-0.1, -0.05) is 32.2 Å². The Bertz CT molecular complexity index is 1110. The van der Waals surface area contributed by atoms with Gasteiger partial charge < -0.3 is 20.5 Å². The van der Waals surface area contributed by atoms with E-state index in [9.17, 15) is 18.0 Å². The van der Waals surface area contributed by atoms with Crippen LogP contribution in [0.4, 0.5) is 19.0 Å². The van der Waals surface area contributed by atoms with Gasteiger partial charge in [-0.05, 0) is 23.6 Å². The van der Waals surface area contributed by atoms with Gasteiger partial charge in [0.05, 0.1) is 37.6 Å². The minimum Gasteiger partial charge on any atom is -0.383 e. The molecule has 3 N–H and O–H groups in total. The standard InChI is InChI=1S/C23H25F3N4O3/c1-4-7-32-12-20(13(2)5-6-14(3)23(24,25)26)30-22(31)18-8-15-16-10-33-11-17(16)21(27)29-19(15)9-28-18/h5-6,8-9,20H,2-4,7,10-12H2,1H3,(H2,27,29)(H,30,31)/b6-5-/t20-/m1/s1. The topological polar surface area (TPSA) is 99.4 Å². The van der Waals surface area contributed by atoms with E-state index >= 15 is 0 Å². The van der Waals surface area contributed by atoms with E-state index in [1.807, 2.05) is 6.92 Å². The zero-order valence-electron chi connectivity index (χ0n) is 18.2. The highest BCUT2D eigenvalue weighted by atomic mass is 19.4. The van der Waals surface area contributed by atoms with Crippen LogP contribution < -0.4 is 11.1 Å². The van der Waals surface area contributed by atoms with Crippen molar-refractivity contribution in [3.63, 3.8) is 0 Å². The molecule has 1 aliphatic heterocycles. The fourth-order valence-corrected chi connectivity index (χ4v) is 3.24. The van der Waals surface area contributed by atoms with E-state index in [2.05, 4.69) is 28.4 Å². The maximum absolute atomic E-state index is 12.9. The summed E-state index contributed by atoms with van der Waals surface area (Å²) >= 11 is 0. The number of halogens is 3. The third kappa shape index (κ3) is 5.77. The van der Waals surface area contributed by atoms with Crippen LogP contribution in [0, 0.1) is 0 Å². The molecule has 0 unspecified atom stereocenters. The second-order valence-corrected chi connectivity index (χ2v) is 7.57. The summed E-state index contributed by atoms with van der Waals surface area (Å²) in [4.78, 5) is 21.4. The number of rotatable bonds is 9. The van der Waals surface area contributed by atoms with Crippen molar-refractivity contribution in [2.75, 3.05) is 18.9 Å². The van der Waals surface area contributed by atoms with E-state index in [0.717, 1.165) is 23.6 Å². The van der Waals surface area contributed by atoms with Gasteiger partial charge in [0.2, 0.25) is 0 Å². The SMILES string of the molecule is C=C(/C=C\C(=C)C(F)(F)F)[C@@H](COCCC)NC(=O)c1cc2c3c(c(N)nc2cn1)COC3. The number of carbonyl (C=O) groups is 1. The number of amides is 1. The molecule has 176 valence electrons. The molecule has 1 atom stereocenters. The molecule has 2 aromatic heterocycles. The molecule has 3 heterocycles. The van der Waals surface area contributed by atoms with E-state index in [-0.39, 0.29) is 17.9 Å². The van der Waals surface area contributed by atoms with Crippen LogP contribution in [0.5, 0.6) is 0 Å². The van der Waals surface area contributed by atoms with E-state index < -0.39 is 23.7 Å². The third-order valence-corrected chi connectivity index (χ3v) is 5.10. The number of alkyl halides is 3. The predicted octanol–water partition coefficient (Wildman–Crippen LogP) is 4.00. The zero-order valence-corrected chi connectivity index (χ0v) is 18.2. The number of fused-ring (bicyclic) bond motifs is 3. The van der Waals surface area contributed by atoms with Crippen molar-refractivity contribution in [3.05, 3.63) is 65.5 Å². The predicted molar refractivity (Wildman–Crippen MR) is 118 cm³/mol. The number of ether oxygens (including phenoxy) is 2. The van der Waals surface area contributed by atoms with Crippen LogP contribution in [0.3, 0.4) is 0 Å². The van der Waals surface area contributed by atoms with Gasteiger partial charge in [0.25, 0.3) is 5.91 Å². The fourth-order valence-electron chi connectivity index (χ4n) is 3.24. The lowest BCUT2D eigenvalue weighted by Crippen LogP contribution is -2.39. The molecule has 0 saturated heterocycles.